The molecule has 0 amide bonds. The average molecular weight is 426 g/mol. The van der Waals surface area contributed by atoms with E-state index in [0.29, 0.717) is 42.8 Å². The number of carboxylic acids is 1. The zero-order chi connectivity index (χ0) is 19.9. The van der Waals surface area contributed by atoms with Crippen molar-refractivity contribution in [2.24, 2.45) is 0 Å². The number of rotatable bonds is 3. The van der Waals surface area contributed by atoms with E-state index >= 15 is 0 Å². The third kappa shape index (κ3) is 4.11. The molecule has 29 heavy (non-hydrogen) atoms. The molecule has 2 aromatic rings. The van der Waals surface area contributed by atoms with Crippen LogP contribution in [0.1, 0.15) is 24.0 Å². The summed E-state index contributed by atoms with van der Waals surface area (Å²) in [5.74, 6) is -4.30. The molecule has 0 saturated carbocycles. The fourth-order valence-electron chi connectivity index (χ4n) is 3.84. The number of hydrogen-bond acceptors (Lipinski definition) is 3. The lowest BCUT2D eigenvalue weighted by Crippen LogP contribution is -2.49. The minimum Gasteiger partial charge on any atom is -0.482 e. The monoisotopic (exact) mass is 425 g/mol. The number of benzene rings is 2. The van der Waals surface area contributed by atoms with E-state index in [-0.39, 0.29) is 24.5 Å². The number of para-hydroxylation sites is 1. The Bertz CT molecular complexity index is 948. The molecule has 2 aromatic carbocycles. The molecule has 8 heteroatoms. The molecule has 4 nitrogen and oxygen atoms in total. The first-order chi connectivity index (χ1) is 13.4. The molecular formula is C21H19ClF3NO3. The van der Waals surface area contributed by atoms with Crippen molar-refractivity contribution in [2.45, 2.75) is 18.4 Å². The minimum atomic E-state index is -1.50. The number of nitrogens with zero attached hydrogens (tertiary/aromatic N) is 1. The highest BCUT2D eigenvalue weighted by Crippen LogP contribution is 2.43. The van der Waals surface area contributed by atoms with Gasteiger partial charge in [0.25, 0.3) is 0 Å². The van der Waals surface area contributed by atoms with Gasteiger partial charge in [-0.05, 0) is 35.4 Å². The Morgan fingerprint density at radius 1 is 1.10 bits per heavy atom. The minimum absolute atomic E-state index is 0. The molecule has 0 radical (unpaired) electrons. The van der Waals surface area contributed by atoms with Crippen molar-refractivity contribution in [1.29, 1.82) is 0 Å². The molecular weight excluding hydrogens is 407 g/mol. The van der Waals surface area contributed by atoms with Gasteiger partial charge in [0.1, 0.15) is 11.4 Å². The molecule has 2 aliphatic heterocycles. The fourth-order valence-corrected chi connectivity index (χ4v) is 3.84. The largest absolute Gasteiger partial charge is 0.482 e. The molecule has 1 spiro atoms. The van der Waals surface area contributed by atoms with Crippen molar-refractivity contribution < 1.29 is 27.8 Å². The van der Waals surface area contributed by atoms with Crippen LogP contribution in [0.3, 0.4) is 0 Å². The summed E-state index contributed by atoms with van der Waals surface area (Å²) in [4.78, 5) is 12.8. The van der Waals surface area contributed by atoms with E-state index in [2.05, 4.69) is 0 Å². The van der Waals surface area contributed by atoms with E-state index < -0.39 is 29.0 Å². The first-order valence-corrected chi connectivity index (χ1v) is 8.97. The van der Waals surface area contributed by atoms with Gasteiger partial charge in [0.15, 0.2) is 17.5 Å². The highest BCUT2D eigenvalue weighted by Gasteiger charge is 2.39. The van der Waals surface area contributed by atoms with Crippen LogP contribution in [-0.4, -0.2) is 41.2 Å². The Balaban J connectivity index is 0.00000240. The van der Waals surface area contributed by atoms with Crippen LogP contribution in [0, 0.1) is 17.5 Å². The maximum absolute atomic E-state index is 13.8. The van der Waals surface area contributed by atoms with Crippen LogP contribution in [0.2, 0.25) is 0 Å². The quantitative estimate of drug-likeness (QED) is 0.746. The summed E-state index contributed by atoms with van der Waals surface area (Å²) in [6.07, 6.45) is 2.90. The summed E-state index contributed by atoms with van der Waals surface area (Å²) in [7, 11) is 0. The SMILES string of the molecule is Cl.O=C(O)CN1CCC2(C=C(c3cc(F)c(F)c(F)c3)c3ccccc3O2)CC1. The van der Waals surface area contributed by atoms with Crippen molar-refractivity contribution in [3.05, 3.63) is 71.1 Å². The lowest BCUT2D eigenvalue weighted by molar-refractivity contribution is -0.139. The number of halogens is 4. The summed E-state index contributed by atoms with van der Waals surface area (Å²) in [6.45, 7) is 0.992. The maximum atomic E-state index is 13.8. The zero-order valence-corrected chi connectivity index (χ0v) is 16.1. The smallest absolute Gasteiger partial charge is 0.317 e. The highest BCUT2D eigenvalue weighted by molar-refractivity contribution is 5.85. The third-order valence-corrected chi connectivity index (χ3v) is 5.25. The molecule has 2 aliphatic rings. The van der Waals surface area contributed by atoms with Crippen LogP contribution in [0.4, 0.5) is 13.2 Å². The van der Waals surface area contributed by atoms with Crippen molar-refractivity contribution >= 4 is 23.9 Å². The van der Waals surface area contributed by atoms with Gasteiger partial charge in [-0.15, -0.1) is 12.4 Å². The Hall–Kier alpha value is -2.51. The summed E-state index contributed by atoms with van der Waals surface area (Å²) in [5, 5.41) is 8.98. The van der Waals surface area contributed by atoms with Gasteiger partial charge in [0.05, 0.1) is 6.54 Å². The zero-order valence-electron chi connectivity index (χ0n) is 15.3. The Labute approximate surface area is 172 Å². The molecule has 2 heterocycles. The van der Waals surface area contributed by atoms with Crippen LogP contribution < -0.4 is 4.74 Å². The van der Waals surface area contributed by atoms with E-state index in [1.165, 1.54) is 0 Å². The number of ether oxygens (including phenoxy) is 1. The number of piperidine rings is 1. The molecule has 1 fully saturated rings. The number of carbonyl (C=O) groups is 1. The van der Waals surface area contributed by atoms with Gasteiger partial charge in [-0.3, -0.25) is 9.69 Å². The van der Waals surface area contributed by atoms with Crippen LogP contribution in [0.5, 0.6) is 5.75 Å². The summed E-state index contributed by atoms with van der Waals surface area (Å²) in [6, 6.07) is 9.14. The van der Waals surface area contributed by atoms with Gasteiger partial charge in [-0.1, -0.05) is 18.2 Å². The third-order valence-electron chi connectivity index (χ3n) is 5.25. The predicted molar refractivity (Wildman–Crippen MR) is 104 cm³/mol. The average Bonchev–Trinajstić information content (AvgIpc) is 2.67. The molecule has 0 unspecified atom stereocenters. The first-order valence-electron chi connectivity index (χ1n) is 8.97. The lowest BCUT2D eigenvalue weighted by Gasteiger charge is -2.42. The van der Waals surface area contributed by atoms with E-state index in [1.54, 1.807) is 24.3 Å². The van der Waals surface area contributed by atoms with Crippen LogP contribution in [0.25, 0.3) is 5.57 Å². The maximum Gasteiger partial charge on any atom is 0.317 e. The van der Waals surface area contributed by atoms with Crippen LogP contribution in [0.15, 0.2) is 42.5 Å². The van der Waals surface area contributed by atoms with Gasteiger partial charge in [0, 0.05) is 31.5 Å². The molecule has 0 aromatic heterocycles. The number of aliphatic carboxylic acids is 1. The van der Waals surface area contributed by atoms with Gasteiger partial charge < -0.3 is 9.84 Å². The second-order valence-corrected chi connectivity index (χ2v) is 7.14. The van der Waals surface area contributed by atoms with Gasteiger partial charge in [0.2, 0.25) is 0 Å². The molecule has 0 bridgehead atoms. The second-order valence-electron chi connectivity index (χ2n) is 7.14. The molecule has 1 saturated heterocycles. The molecule has 0 aliphatic carbocycles. The van der Waals surface area contributed by atoms with Gasteiger partial charge in [-0.25, -0.2) is 13.2 Å². The summed E-state index contributed by atoms with van der Waals surface area (Å²) < 4.78 is 47.3. The van der Waals surface area contributed by atoms with Gasteiger partial charge in [-0.2, -0.15) is 0 Å². The van der Waals surface area contributed by atoms with Gasteiger partial charge >= 0.3 is 5.97 Å². The number of hydrogen-bond donors (Lipinski definition) is 1. The summed E-state index contributed by atoms with van der Waals surface area (Å²) in [5.41, 5.74) is 0.775. The van der Waals surface area contributed by atoms with Crippen molar-refractivity contribution in [1.82, 2.24) is 4.90 Å². The second kappa shape index (κ2) is 8.08. The predicted octanol–water partition coefficient (Wildman–Crippen LogP) is 4.27. The van der Waals surface area contributed by atoms with Crippen molar-refractivity contribution in [2.75, 3.05) is 19.6 Å². The number of likely N-dealkylation sites (tertiary alicyclic amines) is 1. The van der Waals surface area contributed by atoms with Crippen molar-refractivity contribution in [3.8, 4) is 5.75 Å². The first kappa shape index (κ1) is 21.2. The van der Waals surface area contributed by atoms with E-state index in [4.69, 9.17) is 9.84 Å². The molecule has 1 N–H and O–H groups in total. The Morgan fingerprint density at radius 3 is 2.34 bits per heavy atom. The normalized spacial score (nSPS) is 17.7. The topological polar surface area (TPSA) is 49.8 Å². The highest BCUT2D eigenvalue weighted by atomic mass is 35.5. The molecule has 154 valence electrons. The Kier molecular flexibility index (Phi) is 5.91. The van der Waals surface area contributed by atoms with E-state index in [9.17, 15) is 18.0 Å². The number of fused-ring (bicyclic) bond motifs is 1. The van der Waals surface area contributed by atoms with Crippen LogP contribution in [-0.2, 0) is 4.79 Å². The molecule has 0 atom stereocenters. The lowest BCUT2D eigenvalue weighted by atomic mass is 9.83. The van der Waals surface area contributed by atoms with Crippen molar-refractivity contribution in [3.63, 3.8) is 0 Å². The standard InChI is InChI=1S/C21H18F3NO3.ClH/c22-16-9-13(10-17(23)20(16)24)15-11-21(28-18-4-2-1-3-14(15)18)5-7-25(8-6-21)12-19(26)27;/h1-4,9-11H,5-8,12H2,(H,26,27);1H. The van der Waals surface area contributed by atoms with E-state index in [1.807, 2.05) is 11.0 Å². The number of carboxylic acid groups (broad SMARTS) is 1. The summed E-state index contributed by atoms with van der Waals surface area (Å²) >= 11 is 0. The van der Waals surface area contributed by atoms with E-state index in [0.717, 1.165) is 12.1 Å². The van der Waals surface area contributed by atoms with Crippen LogP contribution >= 0.6 is 12.4 Å². The fraction of sp³-hybridized carbons (Fsp3) is 0.286. The molecule has 4 rings (SSSR count). The Morgan fingerprint density at radius 2 is 1.72 bits per heavy atom.